The number of aliphatic hydroxyl groups excluding tert-OH is 1. The van der Waals surface area contributed by atoms with E-state index in [0.29, 0.717) is 0 Å². The molecule has 172 valence electrons. The molecule has 6 atom stereocenters. The first-order chi connectivity index (χ1) is 13.4. The number of alkyl halides is 1. The monoisotopic (exact) mass is 516 g/mol. The molecule has 0 aromatic carbocycles. The van der Waals surface area contributed by atoms with Crippen LogP contribution in [0.1, 0.15) is 13.2 Å². The van der Waals surface area contributed by atoms with E-state index in [1.165, 1.54) is 6.07 Å². The predicted octanol–water partition coefficient (Wildman–Crippen LogP) is 0.236. The van der Waals surface area contributed by atoms with E-state index in [1.54, 1.807) is 0 Å². The molecular formula is C10H16FN2O13P3S. The van der Waals surface area contributed by atoms with Gasteiger partial charge < -0.3 is 29.4 Å². The number of phosphoric ester groups is 1. The van der Waals surface area contributed by atoms with E-state index in [0.717, 1.165) is 17.7 Å². The SMILES string of the molecule is CC1(F)[C@@H](O)C(COP(=O)(O)OP(=O)(O)OP(=O)(O)O)O[C@H]1n1ccc(=S)[nH]c1=O. The number of H-pyrrole nitrogens is 1. The highest BCUT2D eigenvalue weighted by atomic mass is 32.1. The third-order valence-electron chi connectivity index (χ3n) is 3.64. The van der Waals surface area contributed by atoms with Crippen molar-refractivity contribution in [2.45, 2.75) is 31.0 Å². The zero-order valence-electron chi connectivity index (χ0n) is 14.7. The Hall–Kier alpha value is -0.640. The van der Waals surface area contributed by atoms with Crippen molar-refractivity contribution in [3.63, 3.8) is 0 Å². The van der Waals surface area contributed by atoms with Crippen LogP contribution in [-0.4, -0.2) is 58.7 Å². The van der Waals surface area contributed by atoms with Crippen molar-refractivity contribution in [1.29, 1.82) is 0 Å². The lowest BCUT2D eigenvalue weighted by Crippen LogP contribution is -2.42. The molecular weight excluding hydrogens is 500 g/mol. The molecule has 0 spiro atoms. The van der Waals surface area contributed by atoms with E-state index in [1.807, 2.05) is 0 Å². The Morgan fingerprint density at radius 3 is 2.40 bits per heavy atom. The van der Waals surface area contributed by atoms with Gasteiger partial charge in [0, 0.05) is 6.20 Å². The van der Waals surface area contributed by atoms with Gasteiger partial charge in [-0.3, -0.25) is 14.1 Å². The zero-order chi connectivity index (χ0) is 23.1. The predicted molar refractivity (Wildman–Crippen MR) is 95.1 cm³/mol. The van der Waals surface area contributed by atoms with E-state index in [4.69, 9.17) is 31.6 Å². The number of aromatic nitrogens is 2. The third kappa shape index (κ3) is 6.43. The molecule has 1 aromatic heterocycles. The Morgan fingerprint density at radius 1 is 1.27 bits per heavy atom. The molecule has 1 fully saturated rings. The summed E-state index contributed by atoms with van der Waals surface area (Å²) in [6.07, 6.45) is -4.32. The van der Waals surface area contributed by atoms with E-state index in [-0.39, 0.29) is 4.64 Å². The van der Waals surface area contributed by atoms with E-state index >= 15 is 0 Å². The number of aromatic amines is 1. The molecule has 1 aliphatic heterocycles. The third-order valence-corrected chi connectivity index (χ3v) is 7.68. The van der Waals surface area contributed by atoms with Crippen LogP contribution in [-0.2, 0) is 31.6 Å². The molecule has 1 aromatic rings. The molecule has 6 N–H and O–H groups in total. The second kappa shape index (κ2) is 8.71. The van der Waals surface area contributed by atoms with E-state index in [9.17, 15) is 32.9 Å². The molecule has 1 aliphatic rings. The van der Waals surface area contributed by atoms with Gasteiger partial charge in [0.05, 0.1) is 6.61 Å². The highest BCUT2D eigenvalue weighted by molar-refractivity contribution is 7.71. The second-order valence-electron chi connectivity index (χ2n) is 6.03. The van der Waals surface area contributed by atoms with Crippen LogP contribution in [0.25, 0.3) is 0 Å². The number of hydrogen-bond acceptors (Lipinski definition) is 10. The molecule has 2 heterocycles. The minimum atomic E-state index is -5.75. The van der Waals surface area contributed by atoms with Gasteiger partial charge in [-0.05, 0) is 13.0 Å². The fourth-order valence-corrected chi connectivity index (χ4v) is 5.61. The lowest BCUT2D eigenvalue weighted by molar-refractivity contribution is -0.0604. The van der Waals surface area contributed by atoms with Gasteiger partial charge in [0.25, 0.3) is 0 Å². The number of nitrogens with zero attached hydrogens (tertiary/aromatic N) is 1. The van der Waals surface area contributed by atoms with Crippen LogP contribution in [0.2, 0.25) is 0 Å². The molecule has 1 saturated heterocycles. The quantitative estimate of drug-likeness (QED) is 0.201. The molecule has 2 rings (SSSR count). The largest absolute Gasteiger partial charge is 0.490 e. The summed E-state index contributed by atoms with van der Waals surface area (Å²) in [5.41, 5.74) is -3.48. The smallest absolute Gasteiger partial charge is 0.387 e. The van der Waals surface area contributed by atoms with Crippen LogP contribution in [0.5, 0.6) is 0 Å². The molecule has 30 heavy (non-hydrogen) atoms. The first kappa shape index (κ1) is 25.6. The summed E-state index contributed by atoms with van der Waals surface area (Å²) in [5, 5.41) is 10.1. The number of phosphoric acid groups is 3. The molecule has 0 bridgehead atoms. The van der Waals surface area contributed by atoms with Gasteiger partial charge in [-0.15, -0.1) is 0 Å². The second-order valence-corrected chi connectivity index (χ2v) is 10.9. The van der Waals surface area contributed by atoms with Gasteiger partial charge in [0.15, 0.2) is 11.9 Å². The van der Waals surface area contributed by atoms with Crippen molar-refractivity contribution >= 4 is 35.7 Å². The average Bonchev–Trinajstić information content (AvgIpc) is 2.73. The summed E-state index contributed by atoms with van der Waals surface area (Å²) in [5.74, 6) is 0. The van der Waals surface area contributed by atoms with E-state index < -0.39 is 59.9 Å². The Morgan fingerprint density at radius 2 is 1.87 bits per heavy atom. The fraction of sp³-hybridized carbons (Fsp3) is 0.600. The molecule has 20 heteroatoms. The minimum Gasteiger partial charge on any atom is -0.387 e. The topological polar surface area (TPSA) is 227 Å². The highest BCUT2D eigenvalue weighted by Crippen LogP contribution is 2.66. The minimum absolute atomic E-state index is 0.0413. The number of aliphatic hydroxyl groups is 1. The van der Waals surface area contributed by atoms with Crippen LogP contribution in [0.4, 0.5) is 4.39 Å². The molecule has 0 saturated carbocycles. The number of rotatable bonds is 8. The highest BCUT2D eigenvalue weighted by Gasteiger charge is 2.56. The van der Waals surface area contributed by atoms with Crippen molar-refractivity contribution < 1.29 is 60.6 Å². The maximum absolute atomic E-state index is 15.0. The first-order valence-electron chi connectivity index (χ1n) is 7.56. The number of hydrogen-bond donors (Lipinski definition) is 6. The summed E-state index contributed by atoms with van der Waals surface area (Å²) in [6.45, 7) is -0.223. The van der Waals surface area contributed by atoms with Crippen LogP contribution in [0.15, 0.2) is 17.1 Å². The van der Waals surface area contributed by atoms with Crippen molar-refractivity contribution in [2.75, 3.05) is 6.61 Å². The van der Waals surface area contributed by atoms with Gasteiger partial charge in [-0.25, -0.2) is 22.9 Å². The molecule has 0 aliphatic carbocycles. The Labute approximate surface area is 171 Å². The Bertz CT molecular complexity index is 1050. The summed E-state index contributed by atoms with van der Waals surface area (Å²) < 4.78 is 65.9. The normalized spacial score (nSPS) is 31.2. The van der Waals surface area contributed by atoms with E-state index in [2.05, 4.69) is 18.1 Å². The summed E-state index contributed by atoms with van der Waals surface area (Å²) in [6, 6.07) is 1.24. The van der Waals surface area contributed by atoms with Crippen molar-refractivity contribution in [1.82, 2.24) is 9.55 Å². The van der Waals surface area contributed by atoms with Crippen molar-refractivity contribution in [3.05, 3.63) is 27.4 Å². The van der Waals surface area contributed by atoms with Gasteiger partial charge in [-0.2, -0.15) is 8.62 Å². The maximum Gasteiger partial charge on any atom is 0.490 e. The van der Waals surface area contributed by atoms with Gasteiger partial charge in [-0.1, -0.05) is 12.2 Å². The summed E-state index contributed by atoms with van der Waals surface area (Å²) in [7, 11) is -16.8. The lowest BCUT2D eigenvalue weighted by Gasteiger charge is -2.24. The Balaban J connectivity index is 2.13. The van der Waals surface area contributed by atoms with Crippen LogP contribution in [0, 0.1) is 4.64 Å². The summed E-state index contributed by atoms with van der Waals surface area (Å²) in [4.78, 5) is 49.6. The molecule has 0 amide bonds. The van der Waals surface area contributed by atoms with Crippen LogP contribution in [0.3, 0.4) is 0 Å². The summed E-state index contributed by atoms with van der Waals surface area (Å²) >= 11 is 4.75. The van der Waals surface area contributed by atoms with Gasteiger partial charge in [0.2, 0.25) is 0 Å². The zero-order valence-corrected chi connectivity index (χ0v) is 18.2. The number of halogens is 1. The number of ether oxygens (including phenoxy) is 1. The number of nitrogens with one attached hydrogen (secondary N) is 1. The van der Waals surface area contributed by atoms with Gasteiger partial charge in [0.1, 0.15) is 16.8 Å². The van der Waals surface area contributed by atoms with Crippen LogP contribution >= 0.6 is 35.7 Å². The fourth-order valence-electron chi connectivity index (χ4n) is 2.43. The molecule has 15 nitrogen and oxygen atoms in total. The first-order valence-corrected chi connectivity index (χ1v) is 12.5. The maximum atomic E-state index is 15.0. The van der Waals surface area contributed by atoms with Crippen molar-refractivity contribution in [2.24, 2.45) is 0 Å². The average molecular weight is 516 g/mol. The molecule has 0 radical (unpaired) electrons. The Kier molecular flexibility index (Phi) is 7.44. The molecule has 4 unspecified atom stereocenters. The van der Waals surface area contributed by atoms with Crippen LogP contribution < -0.4 is 5.69 Å². The lowest BCUT2D eigenvalue weighted by atomic mass is 9.98. The van der Waals surface area contributed by atoms with Crippen molar-refractivity contribution in [3.8, 4) is 0 Å². The standard InChI is InChI=1S/C10H16FN2O13P3S/c1-10(11)7(14)5(24-8(10)13-3-2-6(30)12-9(13)15)4-23-28(19,20)26-29(21,22)25-27(16,17)18/h2-3,5,7-8,14H,4H2,1H3,(H,19,20)(H,21,22)(H,12,15,30)(H2,16,17,18)/t5?,7-,8+,10?/m0/s1. The van der Waals surface area contributed by atoms with Gasteiger partial charge >= 0.3 is 29.2 Å².